The lowest BCUT2D eigenvalue weighted by Gasteiger charge is -2.05. The van der Waals surface area contributed by atoms with E-state index in [1.807, 2.05) is 6.92 Å². The van der Waals surface area contributed by atoms with E-state index < -0.39 is 5.97 Å². The van der Waals surface area contributed by atoms with Crippen molar-refractivity contribution in [1.82, 2.24) is 0 Å². The quantitative estimate of drug-likeness (QED) is 0.547. The summed E-state index contributed by atoms with van der Waals surface area (Å²) in [5.74, 6) is 0.825. The van der Waals surface area contributed by atoms with E-state index in [1.54, 1.807) is 24.3 Å². The molecule has 4 heteroatoms. The number of hydrogen-bond donors (Lipinski definition) is 0. The first kappa shape index (κ1) is 11.5. The molecule has 0 N–H and O–H groups in total. The van der Waals surface area contributed by atoms with E-state index in [9.17, 15) is 4.79 Å². The van der Waals surface area contributed by atoms with Crippen molar-refractivity contribution in [3.8, 4) is 11.5 Å². The van der Waals surface area contributed by atoms with Gasteiger partial charge in [0.1, 0.15) is 18.1 Å². The Morgan fingerprint density at radius 1 is 1.20 bits per heavy atom. The summed E-state index contributed by atoms with van der Waals surface area (Å²) >= 11 is 0. The molecule has 1 aromatic rings. The van der Waals surface area contributed by atoms with E-state index in [2.05, 4.69) is 4.74 Å². The SMILES string of the molecule is CCOc1ccc(OC(=O)COC)cc1. The Hall–Kier alpha value is -1.55. The molecule has 0 aliphatic heterocycles. The first-order chi connectivity index (χ1) is 7.26. The molecule has 0 spiro atoms. The molecule has 0 aliphatic rings. The third-order valence-electron chi connectivity index (χ3n) is 1.63. The Kier molecular flexibility index (Phi) is 4.63. The monoisotopic (exact) mass is 210 g/mol. The third-order valence-corrected chi connectivity index (χ3v) is 1.63. The zero-order valence-electron chi connectivity index (χ0n) is 8.86. The molecule has 4 nitrogen and oxygen atoms in total. The Bertz CT molecular complexity index is 305. The number of benzene rings is 1. The van der Waals surface area contributed by atoms with Crippen molar-refractivity contribution in [1.29, 1.82) is 0 Å². The fourth-order valence-electron chi connectivity index (χ4n) is 1.05. The van der Waals surface area contributed by atoms with Crippen LogP contribution in [0.4, 0.5) is 0 Å². The predicted molar refractivity (Wildman–Crippen MR) is 55.1 cm³/mol. The summed E-state index contributed by atoms with van der Waals surface area (Å²) in [4.78, 5) is 11.0. The second kappa shape index (κ2) is 6.03. The first-order valence-electron chi connectivity index (χ1n) is 4.68. The van der Waals surface area contributed by atoms with E-state index in [0.717, 1.165) is 5.75 Å². The van der Waals surface area contributed by atoms with E-state index in [-0.39, 0.29) is 6.61 Å². The first-order valence-corrected chi connectivity index (χ1v) is 4.68. The van der Waals surface area contributed by atoms with Crippen molar-refractivity contribution in [2.45, 2.75) is 6.92 Å². The average Bonchev–Trinajstić information content (AvgIpc) is 2.22. The minimum absolute atomic E-state index is 0.0484. The van der Waals surface area contributed by atoms with Gasteiger partial charge in [-0.05, 0) is 31.2 Å². The zero-order valence-corrected chi connectivity index (χ0v) is 8.86. The van der Waals surface area contributed by atoms with Gasteiger partial charge in [0.15, 0.2) is 0 Å². The van der Waals surface area contributed by atoms with Gasteiger partial charge in [-0.3, -0.25) is 0 Å². The highest BCUT2D eigenvalue weighted by molar-refractivity contribution is 5.73. The van der Waals surface area contributed by atoms with Gasteiger partial charge in [-0.1, -0.05) is 0 Å². The molecular formula is C11H14O4. The lowest BCUT2D eigenvalue weighted by atomic mass is 10.3. The largest absolute Gasteiger partial charge is 0.494 e. The maximum atomic E-state index is 11.0. The lowest BCUT2D eigenvalue weighted by molar-refractivity contribution is -0.138. The van der Waals surface area contributed by atoms with Gasteiger partial charge in [-0.15, -0.1) is 0 Å². The van der Waals surface area contributed by atoms with E-state index in [4.69, 9.17) is 9.47 Å². The maximum Gasteiger partial charge on any atom is 0.337 e. The summed E-state index contributed by atoms with van der Waals surface area (Å²) in [5, 5.41) is 0. The topological polar surface area (TPSA) is 44.8 Å². The maximum absolute atomic E-state index is 11.0. The van der Waals surface area contributed by atoms with Crippen molar-refractivity contribution in [2.75, 3.05) is 20.3 Å². The van der Waals surface area contributed by atoms with E-state index in [1.165, 1.54) is 7.11 Å². The van der Waals surface area contributed by atoms with Crippen LogP contribution in [0.5, 0.6) is 11.5 Å². The average molecular weight is 210 g/mol. The fraction of sp³-hybridized carbons (Fsp3) is 0.364. The molecular weight excluding hydrogens is 196 g/mol. The molecule has 0 radical (unpaired) electrons. The van der Waals surface area contributed by atoms with Crippen LogP contribution in [0.2, 0.25) is 0 Å². The van der Waals surface area contributed by atoms with Crippen LogP contribution < -0.4 is 9.47 Å². The highest BCUT2D eigenvalue weighted by Gasteiger charge is 2.03. The molecule has 1 aromatic carbocycles. The molecule has 0 unspecified atom stereocenters. The molecule has 82 valence electrons. The summed E-state index contributed by atoms with van der Waals surface area (Å²) in [5.41, 5.74) is 0. The molecule has 0 amide bonds. The number of esters is 1. The second-order valence-electron chi connectivity index (χ2n) is 2.81. The van der Waals surface area contributed by atoms with Crippen molar-refractivity contribution < 1.29 is 19.0 Å². The van der Waals surface area contributed by atoms with Crippen LogP contribution >= 0.6 is 0 Å². The van der Waals surface area contributed by atoms with Crippen molar-refractivity contribution in [3.63, 3.8) is 0 Å². The van der Waals surface area contributed by atoms with Gasteiger partial charge in [-0.25, -0.2) is 4.79 Å². The van der Waals surface area contributed by atoms with Gasteiger partial charge in [0.05, 0.1) is 6.61 Å². The highest BCUT2D eigenvalue weighted by atomic mass is 16.6. The number of methoxy groups -OCH3 is 1. The van der Waals surface area contributed by atoms with Gasteiger partial charge >= 0.3 is 5.97 Å². The molecule has 0 saturated carbocycles. The van der Waals surface area contributed by atoms with E-state index in [0.29, 0.717) is 12.4 Å². The molecule has 1 rings (SSSR count). The van der Waals surface area contributed by atoms with Crippen molar-refractivity contribution in [2.24, 2.45) is 0 Å². The summed E-state index contributed by atoms with van der Waals surface area (Å²) in [7, 11) is 1.44. The molecule has 0 atom stereocenters. The summed E-state index contributed by atoms with van der Waals surface area (Å²) in [6, 6.07) is 6.86. The molecule has 0 aliphatic carbocycles. The number of carbonyl (C=O) groups is 1. The van der Waals surface area contributed by atoms with Crippen molar-refractivity contribution >= 4 is 5.97 Å². The molecule has 15 heavy (non-hydrogen) atoms. The number of rotatable bonds is 5. The van der Waals surface area contributed by atoms with Gasteiger partial charge in [0, 0.05) is 7.11 Å². The molecule has 0 aromatic heterocycles. The van der Waals surface area contributed by atoms with Gasteiger partial charge in [-0.2, -0.15) is 0 Å². The van der Waals surface area contributed by atoms with Crippen LogP contribution in [0.3, 0.4) is 0 Å². The normalized spacial score (nSPS) is 9.73. The highest BCUT2D eigenvalue weighted by Crippen LogP contribution is 2.17. The Balaban J connectivity index is 2.52. The van der Waals surface area contributed by atoms with Crippen LogP contribution in [-0.2, 0) is 9.53 Å². The van der Waals surface area contributed by atoms with Crippen LogP contribution in [0.1, 0.15) is 6.92 Å². The third kappa shape index (κ3) is 3.99. The molecule has 0 bridgehead atoms. The van der Waals surface area contributed by atoms with Crippen LogP contribution in [0.25, 0.3) is 0 Å². The molecule has 0 fully saturated rings. The number of hydrogen-bond acceptors (Lipinski definition) is 4. The van der Waals surface area contributed by atoms with E-state index >= 15 is 0 Å². The fourth-order valence-corrected chi connectivity index (χ4v) is 1.05. The van der Waals surface area contributed by atoms with Crippen LogP contribution in [-0.4, -0.2) is 26.3 Å². The minimum Gasteiger partial charge on any atom is -0.494 e. The molecule has 0 saturated heterocycles. The smallest absolute Gasteiger partial charge is 0.337 e. The van der Waals surface area contributed by atoms with Crippen LogP contribution in [0.15, 0.2) is 24.3 Å². The Morgan fingerprint density at radius 3 is 2.33 bits per heavy atom. The zero-order chi connectivity index (χ0) is 11.1. The predicted octanol–water partition coefficient (Wildman–Crippen LogP) is 1.64. The minimum atomic E-state index is -0.415. The summed E-state index contributed by atoms with van der Waals surface area (Å²) < 4.78 is 14.9. The van der Waals surface area contributed by atoms with Crippen molar-refractivity contribution in [3.05, 3.63) is 24.3 Å². The van der Waals surface area contributed by atoms with Gasteiger partial charge < -0.3 is 14.2 Å². The Labute approximate surface area is 88.8 Å². The van der Waals surface area contributed by atoms with Crippen LogP contribution in [0, 0.1) is 0 Å². The summed E-state index contributed by atoms with van der Waals surface area (Å²) in [6.07, 6.45) is 0. The number of ether oxygens (including phenoxy) is 3. The van der Waals surface area contributed by atoms with Gasteiger partial charge in [0.25, 0.3) is 0 Å². The second-order valence-corrected chi connectivity index (χ2v) is 2.81. The lowest BCUT2D eigenvalue weighted by Crippen LogP contribution is -2.13. The Morgan fingerprint density at radius 2 is 1.80 bits per heavy atom. The standard InChI is InChI=1S/C11H14O4/c1-3-14-9-4-6-10(7-5-9)15-11(12)8-13-2/h4-7H,3,8H2,1-2H3. The summed E-state index contributed by atoms with van der Waals surface area (Å²) in [6.45, 7) is 2.47. The van der Waals surface area contributed by atoms with Gasteiger partial charge in [0.2, 0.25) is 0 Å². The molecule has 0 heterocycles. The number of carbonyl (C=O) groups excluding carboxylic acids is 1.